The monoisotopic (exact) mass is 448 g/mol. The minimum absolute atomic E-state index is 0.0740. The zero-order chi connectivity index (χ0) is 21.7. The molecule has 9 heteroatoms. The van der Waals surface area contributed by atoms with E-state index in [9.17, 15) is 17.6 Å². The lowest BCUT2D eigenvalue weighted by atomic mass is 10.2. The standard InChI is InChI=1S/C21H18ClFN2O4S/c1-2-29-20-18(22)4-3-5-19(20)24-21(26)14-6-10-16(11-7-14)25-30(27,28)17-12-8-15(23)9-13-17/h3-13,25H,2H2,1H3,(H,24,26). The molecule has 0 fully saturated rings. The number of hydrogen-bond donors (Lipinski definition) is 2. The molecule has 0 spiro atoms. The highest BCUT2D eigenvalue weighted by Crippen LogP contribution is 2.33. The van der Waals surface area contributed by atoms with Crippen molar-refractivity contribution in [2.45, 2.75) is 11.8 Å². The molecule has 0 heterocycles. The van der Waals surface area contributed by atoms with Crippen LogP contribution in [0.4, 0.5) is 15.8 Å². The van der Waals surface area contributed by atoms with Crippen LogP contribution >= 0.6 is 11.6 Å². The van der Waals surface area contributed by atoms with Gasteiger partial charge >= 0.3 is 0 Å². The number of carbonyl (C=O) groups excluding carboxylic acids is 1. The van der Waals surface area contributed by atoms with Gasteiger partial charge in [0.25, 0.3) is 15.9 Å². The lowest BCUT2D eigenvalue weighted by Gasteiger charge is -2.13. The van der Waals surface area contributed by atoms with Crippen LogP contribution in [0, 0.1) is 5.82 Å². The maximum absolute atomic E-state index is 13.0. The van der Waals surface area contributed by atoms with Crippen molar-refractivity contribution in [1.82, 2.24) is 0 Å². The first-order valence-corrected chi connectivity index (χ1v) is 10.8. The van der Waals surface area contributed by atoms with E-state index in [1.165, 1.54) is 36.4 Å². The molecule has 0 radical (unpaired) electrons. The van der Waals surface area contributed by atoms with Gasteiger partial charge in [0.2, 0.25) is 0 Å². The largest absolute Gasteiger partial charge is 0.490 e. The summed E-state index contributed by atoms with van der Waals surface area (Å²) in [6.07, 6.45) is 0. The Bertz CT molecular complexity index is 1150. The van der Waals surface area contributed by atoms with Gasteiger partial charge in [-0.2, -0.15) is 0 Å². The van der Waals surface area contributed by atoms with E-state index in [1.54, 1.807) is 25.1 Å². The van der Waals surface area contributed by atoms with Gasteiger partial charge in [0.05, 0.1) is 22.2 Å². The highest BCUT2D eigenvalue weighted by atomic mass is 35.5. The van der Waals surface area contributed by atoms with Gasteiger partial charge in [-0.05, 0) is 67.6 Å². The third-order valence-electron chi connectivity index (χ3n) is 4.03. The average Bonchev–Trinajstić information content (AvgIpc) is 2.71. The zero-order valence-corrected chi connectivity index (χ0v) is 17.4. The zero-order valence-electron chi connectivity index (χ0n) is 15.9. The molecule has 156 valence electrons. The van der Waals surface area contributed by atoms with E-state index in [0.29, 0.717) is 28.6 Å². The summed E-state index contributed by atoms with van der Waals surface area (Å²) in [6, 6.07) is 15.3. The first-order valence-electron chi connectivity index (χ1n) is 8.91. The van der Waals surface area contributed by atoms with Gasteiger partial charge in [-0.3, -0.25) is 9.52 Å². The van der Waals surface area contributed by atoms with Crippen molar-refractivity contribution in [2.75, 3.05) is 16.6 Å². The topological polar surface area (TPSA) is 84.5 Å². The summed E-state index contributed by atoms with van der Waals surface area (Å²) in [5, 5.41) is 3.10. The van der Waals surface area contributed by atoms with E-state index in [2.05, 4.69) is 10.0 Å². The Morgan fingerprint density at radius 3 is 2.33 bits per heavy atom. The number of anilines is 2. The minimum Gasteiger partial charge on any atom is -0.490 e. The second-order valence-corrected chi connectivity index (χ2v) is 8.23. The second kappa shape index (κ2) is 9.15. The van der Waals surface area contributed by atoms with Gasteiger partial charge < -0.3 is 10.1 Å². The van der Waals surface area contributed by atoms with Crippen molar-refractivity contribution in [3.8, 4) is 5.75 Å². The molecule has 0 unspecified atom stereocenters. The maximum Gasteiger partial charge on any atom is 0.261 e. The molecule has 0 saturated heterocycles. The Morgan fingerprint density at radius 2 is 1.70 bits per heavy atom. The molecule has 3 aromatic carbocycles. The van der Waals surface area contributed by atoms with Crippen molar-refractivity contribution < 1.29 is 22.3 Å². The summed E-state index contributed by atoms with van der Waals surface area (Å²) in [4.78, 5) is 12.5. The molecule has 0 aliphatic heterocycles. The van der Waals surface area contributed by atoms with Crippen molar-refractivity contribution in [2.24, 2.45) is 0 Å². The van der Waals surface area contributed by atoms with Crippen LogP contribution in [0.1, 0.15) is 17.3 Å². The van der Waals surface area contributed by atoms with Crippen LogP contribution in [0.25, 0.3) is 0 Å². The van der Waals surface area contributed by atoms with E-state index in [4.69, 9.17) is 16.3 Å². The summed E-state index contributed by atoms with van der Waals surface area (Å²) in [6.45, 7) is 2.19. The normalized spacial score (nSPS) is 11.0. The van der Waals surface area contributed by atoms with E-state index in [1.807, 2.05) is 0 Å². The Morgan fingerprint density at radius 1 is 1.03 bits per heavy atom. The Hall–Kier alpha value is -3.10. The number of nitrogens with one attached hydrogen (secondary N) is 2. The summed E-state index contributed by atoms with van der Waals surface area (Å²) in [5.74, 6) is -0.568. The molecule has 6 nitrogen and oxygen atoms in total. The number of rotatable bonds is 7. The van der Waals surface area contributed by atoms with Crippen LogP contribution in [-0.2, 0) is 10.0 Å². The van der Waals surface area contributed by atoms with Gasteiger partial charge in [0, 0.05) is 11.3 Å². The molecule has 0 aromatic heterocycles. The van der Waals surface area contributed by atoms with Gasteiger partial charge in [0.15, 0.2) is 5.75 Å². The number of halogens is 2. The van der Waals surface area contributed by atoms with Crippen molar-refractivity contribution in [3.63, 3.8) is 0 Å². The fraction of sp³-hybridized carbons (Fsp3) is 0.0952. The van der Waals surface area contributed by atoms with Crippen molar-refractivity contribution in [3.05, 3.63) is 83.1 Å². The third kappa shape index (κ3) is 5.08. The van der Waals surface area contributed by atoms with Crippen LogP contribution in [-0.4, -0.2) is 20.9 Å². The molecule has 0 aliphatic rings. The number of benzene rings is 3. The van der Waals surface area contributed by atoms with Crippen LogP contribution in [0.2, 0.25) is 5.02 Å². The van der Waals surface area contributed by atoms with Crippen LogP contribution in [0.15, 0.2) is 71.6 Å². The number of hydrogen-bond acceptors (Lipinski definition) is 4. The average molecular weight is 449 g/mol. The van der Waals surface area contributed by atoms with E-state index in [-0.39, 0.29) is 10.6 Å². The lowest BCUT2D eigenvalue weighted by Crippen LogP contribution is -2.14. The van der Waals surface area contributed by atoms with Gasteiger partial charge in [-0.25, -0.2) is 12.8 Å². The Labute approximate surface area is 178 Å². The third-order valence-corrected chi connectivity index (χ3v) is 5.72. The number of carbonyl (C=O) groups is 1. The van der Waals surface area contributed by atoms with Crippen LogP contribution < -0.4 is 14.8 Å². The number of ether oxygens (including phenoxy) is 1. The Kier molecular flexibility index (Phi) is 6.59. The number of amides is 1. The molecule has 0 aliphatic carbocycles. The molecule has 30 heavy (non-hydrogen) atoms. The first-order chi connectivity index (χ1) is 14.3. The van der Waals surface area contributed by atoms with Gasteiger partial charge in [0.1, 0.15) is 5.82 Å². The lowest BCUT2D eigenvalue weighted by molar-refractivity contribution is 0.102. The fourth-order valence-electron chi connectivity index (χ4n) is 2.61. The van der Waals surface area contributed by atoms with E-state index >= 15 is 0 Å². The predicted molar refractivity (Wildman–Crippen MR) is 114 cm³/mol. The van der Waals surface area contributed by atoms with E-state index < -0.39 is 21.7 Å². The number of sulfonamides is 1. The van der Waals surface area contributed by atoms with Crippen LogP contribution in [0.3, 0.4) is 0 Å². The molecule has 1 amide bonds. The summed E-state index contributed by atoms with van der Waals surface area (Å²) in [5.41, 5.74) is 0.992. The quantitative estimate of drug-likeness (QED) is 0.536. The molecular formula is C21H18ClFN2O4S. The molecule has 3 aromatic rings. The molecule has 0 bridgehead atoms. The SMILES string of the molecule is CCOc1c(Cl)cccc1NC(=O)c1ccc(NS(=O)(=O)c2ccc(F)cc2)cc1. The summed E-state index contributed by atoms with van der Waals surface area (Å²) in [7, 11) is -3.88. The number of para-hydroxylation sites is 1. The molecule has 2 N–H and O–H groups in total. The summed E-state index contributed by atoms with van der Waals surface area (Å²) >= 11 is 6.12. The summed E-state index contributed by atoms with van der Waals surface area (Å²) < 4.78 is 45.6. The van der Waals surface area contributed by atoms with Crippen LogP contribution in [0.5, 0.6) is 5.75 Å². The minimum atomic E-state index is -3.88. The second-order valence-electron chi connectivity index (χ2n) is 6.14. The molecule has 0 atom stereocenters. The Balaban J connectivity index is 1.73. The van der Waals surface area contributed by atoms with Crippen molar-refractivity contribution >= 4 is 38.9 Å². The highest BCUT2D eigenvalue weighted by Gasteiger charge is 2.16. The van der Waals surface area contributed by atoms with Gasteiger partial charge in [-0.15, -0.1) is 0 Å². The predicted octanol–water partition coefficient (Wildman–Crippen LogP) is 4.93. The van der Waals surface area contributed by atoms with E-state index in [0.717, 1.165) is 12.1 Å². The highest BCUT2D eigenvalue weighted by molar-refractivity contribution is 7.92. The molecular weight excluding hydrogens is 431 g/mol. The molecule has 0 saturated carbocycles. The smallest absolute Gasteiger partial charge is 0.261 e. The van der Waals surface area contributed by atoms with Crippen molar-refractivity contribution in [1.29, 1.82) is 0 Å². The first kappa shape index (κ1) is 21.6. The fourth-order valence-corrected chi connectivity index (χ4v) is 3.90. The van der Waals surface area contributed by atoms with Gasteiger partial charge in [-0.1, -0.05) is 17.7 Å². The molecule has 3 rings (SSSR count). The maximum atomic E-state index is 13.0.